The highest BCUT2D eigenvalue weighted by Crippen LogP contribution is 2.40. The van der Waals surface area contributed by atoms with Crippen molar-refractivity contribution in [2.45, 2.75) is 32.5 Å². The number of ether oxygens (including phenoxy) is 1. The fraction of sp³-hybridized carbons (Fsp3) is 0.194. The molecule has 0 saturated carbocycles. The van der Waals surface area contributed by atoms with Gasteiger partial charge in [-0.05, 0) is 49.2 Å². The maximum atomic E-state index is 15.0. The quantitative estimate of drug-likeness (QED) is 0.179. The van der Waals surface area contributed by atoms with E-state index < -0.39 is 23.5 Å². The number of aryl methyl sites for hydroxylation is 2. The van der Waals surface area contributed by atoms with Gasteiger partial charge in [0.25, 0.3) is 11.7 Å². The van der Waals surface area contributed by atoms with Crippen molar-refractivity contribution in [3.8, 4) is 5.75 Å². The van der Waals surface area contributed by atoms with Crippen molar-refractivity contribution in [2.75, 3.05) is 6.54 Å². The lowest BCUT2D eigenvalue weighted by Gasteiger charge is -2.25. The molecule has 1 aliphatic heterocycles. The number of ketones is 1. The van der Waals surface area contributed by atoms with Gasteiger partial charge >= 0.3 is 0 Å². The Kier molecular flexibility index (Phi) is 7.54. The van der Waals surface area contributed by atoms with Crippen LogP contribution in [-0.4, -0.2) is 37.8 Å². The number of nitrogens with zero attached hydrogens (tertiary/aromatic N) is 3. The van der Waals surface area contributed by atoms with E-state index in [9.17, 15) is 19.1 Å². The van der Waals surface area contributed by atoms with Crippen LogP contribution in [0.4, 0.5) is 4.39 Å². The number of aliphatic hydroxyl groups excluding tert-OH is 1. The number of amides is 1. The van der Waals surface area contributed by atoms with E-state index in [1.807, 2.05) is 35.8 Å². The average Bonchev–Trinajstić information content (AvgIpc) is 3.55. The fourth-order valence-electron chi connectivity index (χ4n) is 4.81. The van der Waals surface area contributed by atoms with Gasteiger partial charge < -0.3 is 19.3 Å². The molecule has 1 aliphatic rings. The van der Waals surface area contributed by atoms with E-state index >= 15 is 0 Å². The third-order valence-corrected chi connectivity index (χ3v) is 6.73. The predicted octanol–water partition coefficient (Wildman–Crippen LogP) is 5.42. The van der Waals surface area contributed by atoms with Crippen LogP contribution in [0.3, 0.4) is 0 Å². The Hall–Kier alpha value is -4.72. The van der Waals surface area contributed by atoms with Gasteiger partial charge in [-0.1, -0.05) is 48.0 Å². The second kappa shape index (κ2) is 11.3. The van der Waals surface area contributed by atoms with Gasteiger partial charge in [0.15, 0.2) is 0 Å². The summed E-state index contributed by atoms with van der Waals surface area (Å²) in [6.07, 6.45) is 5.64. The first kappa shape index (κ1) is 25.9. The van der Waals surface area contributed by atoms with Gasteiger partial charge in [-0.15, -0.1) is 0 Å². The molecule has 0 aliphatic carbocycles. The number of carbonyl (C=O) groups excluding carboxylic acids is 2. The lowest BCUT2D eigenvalue weighted by atomic mass is 9.95. The third-order valence-electron chi connectivity index (χ3n) is 6.73. The molecule has 5 rings (SSSR count). The largest absolute Gasteiger partial charge is 0.507 e. The number of imidazole rings is 1. The number of hydrogen-bond donors (Lipinski definition) is 1. The van der Waals surface area contributed by atoms with Crippen LogP contribution in [0, 0.1) is 12.7 Å². The SMILES string of the molecule is Cc1cccc(COc2ccc(C(O)=C3C(=O)C(=O)N(CCCn4ccnc4)[C@H]3c3ccccc3F)cc2)c1. The zero-order valence-electron chi connectivity index (χ0n) is 21.5. The maximum absolute atomic E-state index is 15.0. The highest BCUT2D eigenvalue weighted by molar-refractivity contribution is 6.46. The highest BCUT2D eigenvalue weighted by Gasteiger charge is 2.46. The summed E-state index contributed by atoms with van der Waals surface area (Å²) < 4.78 is 22.7. The molecule has 4 aromatic rings. The standard InChI is InChI=1S/C31H28FN3O4/c1-21-6-4-7-22(18-21)19-39-24-12-10-23(11-13-24)29(36)27-28(25-8-2-3-9-26(25)32)35(31(38)30(27)37)16-5-15-34-17-14-33-20-34/h2-4,6-14,17-18,20,28,36H,5,15-16,19H2,1H3/t28-/m0/s1. The smallest absolute Gasteiger partial charge is 0.295 e. The van der Waals surface area contributed by atoms with E-state index in [2.05, 4.69) is 4.98 Å². The van der Waals surface area contributed by atoms with E-state index in [4.69, 9.17) is 4.74 Å². The highest BCUT2D eigenvalue weighted by atomic mass is 19.1. The molecular weight excluding hydrogens is 497 g/mol. The van der Waals surface area contributed by atoms with Crippen molar-refractivity contribution >= 4 is 17.4 Å². The monoisotopic (exact) mass is 525 g/mol. The molecule has 198 valence electrons. The molecule has 1 amide bonds. The first-order valence-electron chi connectivity index (χ1n) is 12.7. The number of benzene rings is 3. The summed E-state index contributed by atoms with van der Waals surface area (Å²) in [7, 11) is 0. The first-order valence-corrected chi connectivity index (χ1v) is 12.7. The molecule has 0 spiro atoms. The molecule has 1 atom stereocenters. The van der Waals surface area contributed by atoms with Crippen LogP contribution in [-0.2, 0) is 22.7 Å². The summed E-state index contributed by atoms with van der Waals surface area (Å²) in [4.78, 5) is 31.7. The van der Waals surface area contributed by atoms with Gasteiger partial charge in [-0.2, -0.15) is 0 Å². The van der Waals surface area contributed by atoms with Gasteiger partial charge in [0.05, 0.1) is 17.9 Å². The third kappa shape index (κ3) is 5.60. The molecule has 0 bridgehead atoms. The van der Waals surface area contributed by atoms with Gasteiger partial charge in [0.1, 0.15) is 23.9 Å². The fourth-order valence-corrected chi connectivity index (χ4v) is 4.81. The summed E-state index contributed by atoms with van der Waals surface area (Å²) in [6, 6.07) is 19.5. The predicted molar refractivity (Wildman–Crippen MR) is 144 cm³/mol. The van der Waals surface area contributed by atoms with Crippen LogP contribution in [0.1, 0.15) is 34.7 Å². The van der Waals surface area contributed by atoms with Gasteiger partial charge in [0, 0.05) is 36.6 Å². The van der Waals surface area contributed by atoms with Crippen molar-refractivity contribution in [3.63, 3.8) is 0 Å². The van der Waals surface area contributed by atoms with Gasteiger partial charge in [-0.25, -0.2) is 9.37 Å². The van der Waals surface area contributed by atoms with Crippen LogP contribution in [0.15, 0.2) is 97.1 Å². The van der Waals surface area contributed by atoms with Crippen molar-refractivity contribution in [2.24, 2.45) is 0 Å². The van der Waals surface area contributed by atoms with E-state index in [0.717, 1.165) is 11.1 Å². The Morgan fingerprint density at radius 1 is 1.03 bits per heavy atom. The minimum Gasteiger partial charge on any atom is -0.507 e. The molecular formula is C31H28FN3O4. The summed E-state index contributed by atoms with van der Waals surface area (Å²) in [6.45, 7) is 3.16. The Morgan fingerprint density at radius 2 is 1.82 bits per heavy atom. The summed E-state index contributed by atoms with van der Waals surface area (Å²) in [5, 5.41) is 11.3. The zero-order chi connectivity index (χ0) is 27.4. The lowest BCUT2D eigenvalue weighted by molar-refractivity contribution is -0.140. The normalized spacial score (nSPS) is 16.6. The first-order chi connectivity index (χ1) is 18.9. The molecule has 3 aromatic carbocycles. The maximum Gasteiger partial charge on any atom is 0.295 e. The van der Waals surface area contributed by atoms with Crippen molar-refractivity contribution < 1.29 is 23.8 Å². The number of rotatable bonds is 9. The second-order valence-electron chi connectivity index (χ2n) is 9.47. The molecule has 1 aromatic heterocycles. The Balaban J connectivity index is 1.42. The van der Waals surface area contributed by atoms with Crippen molar-refractivity contribution in [1.29, 1.82) is 0 Å². The lowest BCUT2D eigenvalue weighted by Crippen LogP contribution is -2.31. The summed E-state index contributed by atoms with van der Waals surface area (Å²) in [5.41, 5.74) is 2.51. The molecule has 1 fully saturated rings. The van der Waals surface area contributed by atoms with Crippen molar-refractivity contribution in [1.82, 2.24) is 14.5 Å². The molecule has 7 nitrogen and oxygen atoms in total. The number of aromatic nitrogens is 2. The molecule has 0 unspecified atom stereocenters. The molecule has 2 heterocycles. The molecule has 0 radical (unpaired) electrons. The van der Waals surface area contributed by atoms with Crippen LogP contribution in [0.5, 0.6) is 5.75 Å². The number of aliphatic hydroxyl groups is 1. The number of likely N-dealkylation sites (tertiary alicyclic amines) is 1. The number of hydrogen-bond acceptors (Lipinski definition) is 5. The Labute approximate surface area is 225 Å². The van der Waals surface area contributed by atoms with Crippen LogP contribution < -0.4 is 4.74 Å². The molecule has 39 heavy (non-hydrogen) atoms. The number of Topliss-reactive ketones (excluding diaryl/α,β-unsaturated/α-hetero) is 1. The van der Waals surface area contributed by atoms with Crippen LogP contribution >= 0.6 is 0 Å². The Morgan fingerprint density at radius 3 is 2.54 bits per heavy atom. The van der Waals surface area contributed by atoms with E-state index in [1.54, 1.807) is 55.1 Å². The zero-order valence-corrected chi connectivity index (χ0v) is 21.5. The van der Waals surface area contributed by atoms with Crippen molar-refractivity contribution in [3.05, 3.63) is 125 Å². The minimum atomic E-state index is -1.05. The summed E-state index contributed by atoms with van der Waals surface area (Å²) >= 11 is 0. The van der Waals surface area contributed by atoms with Gasteiger partial charge in [0.2, 0.25) is 0 Å². The van der Waals surface area contributed by atoms with Gasteiger partial charge in [-0.3, -0.25) is 9.59 Å². The molecule has 8 heteroatoms. The summed E-state index contributed by atoms with van der Waals surface area (Å²) in [5.74, 6) is -1.95. The molecule has 1 saturated heterocycles. The van der Waals surface area contributed by atoms with Crippen LogP contribution in [0.2, 0.25) is 0 Å². The Bertz CT molecular complexity index is 1510. The minimum absolute atomic E-state index is 0.138. The van der Waals surface area contributed by atoms with Crippen LogP contribution in [0.25, 0.3) is 5.76 Å². The number of carbonyl (C=O) groups is 2. The van der Waals surface area contributed by atoms with E-state index in [0.29, 0.717) is 30.9 Å². The number of halogens is 1. The average molecular weight is 526 g/mol. The second-order valence-corrected chi connectivity index (χ2v) is 9.47. The van der Waals surface area contributed by atoms with E-state index in [-0.39, 0.29) is 23.4 Å². The molecule has 1 N–H and O–H groups in total. The van der Waals surface area contributed by atoms with E-state index in [1.165, 1.54) is 17.0 Å². The topological polar surface area (TPSA) is 84.7 Å².